The van der Waals surface area contributed by atoms with Crippen molar-refractivity contribution in [2.45, 2.75) is 20.4 Å². The van der Waals surface area contributed by atoms with Crippen LogP contribution in [0.3, 0.4) is 0 Å². The quantitative estimate of drug-likeness (QED) is 0.713. The highest BCUT2D eigenvalue weighted by Gasteiger charge is 2.07. The zero-order valence-corrected chi connectivity index (χ0v) is 11.5. The second-order valence-electron chi connectivity index (χ2n) is 4.98. The van der Waals surface area contributed by atoms with Crippen LogP contribution in [0.25, 0.3) is 11.0 Å². The molecule has 4 nitrogen and oxygen atoms in total. The Bertz CT molecular complexity index is 807. The van der Waals surface area contributed by atoms with Gasteiger partial charge in [0.2, 0.25) is 0 Å². The highest BCUT2D eigenvalue weighted by Crippen LogP contribution is 2.18. The summed E-state index contributed by atoms with van der Waals surface area (Å²) in [5.74, 6) is 0. The molecule has 3 rings (SSSR count). The van der Waals surface area contributed by atoms with Crippen LogP contribution in [0.15, 0.2) is 36.4 Å². The van der Waals surface area contributed by atoms with E-state index in [1.165, 1.54) is 11.1 Å². The fraction of sp³-hybridized carbons (Fsp3) is 0.188. The van der Waals surface area contributed by atoms with Crippen molar-refractivity contribution in [1.82, 2.24) is 15.0 Å². The third-order valence-electron chi connectivity index (χ3n) is 3.54. The van der Waals surface area contributed by atoms with Gasteiger partial charge >= 0.3 is 0 Å². The number of hydrogen-bond donors (Lipinski definition) is 0. The summed E-state index contributed by atoms with van der Waals surface area (Å²) in [6.45, 7) is 4.83. The molecule has 0 bridgehead atoms. The molecule has 0 N–H and O–H groups in total. The molecule has 0 saturated heterocycles. The first-order valence-electron chi connectivity index (χ1n) is 6.47. The van der Waals surface area contributed by atoms with E-state index in [9.17, 15) is 0 Å². The second kappa shape index (κ2) is 4.78. The van der Waals surface area contributed by atoms with E-state index in [1.54, 1.807) is 0 Å². The summed E-state index contributed by atoms with van der Waals surface area (Å²) < 4.78 is 1.89. The summed E-state index contributed by atoms with van der Waals surface area (Å²) in [5.41, 5.74) is 6.20. The molecule has 0 saturated carbocycles. The van der Waals surface area contributed by atoms with Gasteiger partial charge < -0.3 is 0 Å². The van der Waals surface area contributed by atoms with Crippen molar-refractivity contribution in [1.29, 1.82) is 5.26 Å². The first-order chi connectivity index (χ1) is 9.67. The first kappa shape index (κ1) is 12.4. The second-order valence-corrected chi connectivity index (χ2v) is 4.98. The van der Waals surface area contributed by atoms with Gasteiger partial charge in [-0.25, -0.2) is 4.68 Å². The smallest absolute Gasteiger partial charge is 0.113 e. The minimum atomic E-state index is 0.657. The van der Waals surface area contributed by atoms with Gasteiger partial charge in [-0.1, -0.05) is 17.3 Å². The predicted molar refractivity (Wildman–Crippen MR) is 77.3 cm³/mol. The zero-order chi connectivity index (χ0) is 14.1. The van der Waals surface area contributed by atoms with Gasteiger partial charge in [0.05, 0.1) is 23.7 Å². The number of rotatable bonds is 2. The third kappa shape index (κ3) is 2.14. The van der Waals surface area contributed by atoms with Crippen molar-refractivity contribution >= 4 is 11.0 Å². The molecule has 0 spiro atoms. The Kier molecular flexibility index (Phi) is 2.96. The van der Waals surface area contributed by atoms with E-state index in [2.05, 4.69) is 42.4 Å². The number of hydrogen-bond acceptors (Lipinski definition) is 3. The van der Waals surface area contributed by atoms with Crippen LogP contribution in [-0.2, 0) is 6.54 Å². The van der Waals surface area contributed by atoms with Crippen LogP contribution < -0.4 is 0 Å². The van der Waals surface area contributed by atoms with E-state index in [1.807, 2.05) is 28.9 Å². The molecule has 0 amide bonds. The summed E-state index contributed by atoms with van der Waals surface area (Å²) in [5, 5.41) is 17.2. The number of fused-ring (bicyclic) bond motifs is 1. The molecule has 0 radical (unpaired) electrons. The molecular formula is C16H14N4. The maximum absolute atomic E-state index is 8.81. The van der Waals surface area contributed by atoms with E-state index in [4.69, 9.17) is 5.26 Å². The monoisotopic (exact) mass is 262 g/mol. The Balaban J connectivity index is 1.98. The fourth-order valence-electron chi connectivity index (χ4n) is 2.20. The van der Waals surface area contributed by atoms with Gasteiger partial charge in [0.15, 0.2) is 0 Å². The highest BCUT2D eigenvalue weighted by atomic mass is 15.4. The van der Waals surface area contributed by atoms with E-state index in [0.29, 0.717) is 12.1 Å². The van der Waals surface area contributed by atoms with Crippen LogP contribution in [0.5, 0.6) is 0 Å². The lowest BCUT2D eigenvalue weighted by Gasteiger charge is -2.04. The number of nitriles is 1. The molecule has 1 aromatic heterocycles. The first-order valence-corrected chi connectivity index (χ1v) is 6.47. The van der Waals surface area contributed by atoms with Gasteiger partial charge in [0, 0.05) is 0 Å². The van der Waals surface area contributed by atoms with E-state index < -0.39 is 0 Å². The molecule has 0 atom stereocenters. The Morgan fingerprint density at radius 2 is 1.80 bits per heavy atom. The van der Waals surface area contributed by atoms with Gasteiger partial charge in [-0.3, -0.25) is 0 Å². The Labute approximate surface area is 117 Å². The Hall–Kier alpha value is -2.67. The maximum Gasteiger partial charge on any atom is 0.113 e. The molecule has 0 aliphatic rings. The van der Waals surface area contributed by atoms with Crippen molar-refractivity contribution < 1.29 is 0 Å². The topological polar surface area (TPSA) is 54.5 Å². The van der Waals surface area contributed by atoms with Gasteiger partial charge in [-0.05, 0) is 54.8 Å². The summed E-state index contributed by atoms with van der Waals surface area (Å²) in [6.07, 6.45) is 0. The molecule has 98 valence electrons. The average molecular weight is 262 g/mol. The maximum atomic E-state index is 8.81. The van der Waals surface area contributed by atoms with Crippen molar-refractivity contribution in [3.63, 3.8) is 0 Å². The van der Waals surface area contributed by atoms with Crippen LogP contribution in [-0.4, -0.2) is 15.0 Å². The summed E-state index contributed by atoms with van der Waals surface area (Å²) >= 11 is 0. The number of nitrogens with zero attached hydrogens (tertiary/aromatic N) is 4. The number of aryl methyl sites for hydroxylation is 2. The largest absolute Gasteiger partial charge is 0.240 e. The minimum Gasteiger partial charge on any atom is -0.240 e. The number of aromatic nitrogens is 3. The third-order valence-corrected chi connectivity index (χ3v) is 3.54. The van der Waals surface area contributed by atoms with Crippen LogP contribution in [0.4, 0.5) is 0 Å². The average Bonchev–Trinajstić information content (AvgIpc) is 2.83. The lowest BCUT2D eigenvalue weighted by atomic mass is 10.1. The van der Waals surface area contributed by atoms with E-state index in [-0.39, 0.29) is 0 Å². The van der Waals surface area contributed by atoms with Crippen LogP contribution >= 0.6 is 0 Å². The highest BCUT2D eigenvalue weighted by molar-refractivity contribution is 5.76. The van der Waals surface area contributed by atoms with Crippen LogP contribution in [0.1, 0.15) is 22.3 Å². The molecule has 2 aromatic carbocycles. The van der Waals surface area contributed by atoms with Crippen LogP contribution in [0.2, 0.25) is 0 Å². The molecule has 20 heavy (non-hydrogen) atoms. The standard InChI is InChI=1S/C16H14N4/c1-11-7-15-16(8-12(11)2)20(19-18-15)10-14-5-3-13(9-17)4-6-14/h3-8H,10H2,1-2H3. The van der Waals surface area contributed by atoms with Crippen molar-refractivity contribution in [2.24, 2.45) is 0 Å². The number of benzene rings is 2. The van der Waals surface area contributed by atoms with E-state index >= 15 is 0 Å². The predicted octanol–water partition coefficient (Wildman–Crippen LogP) is 2.97. The van der Waals surface area contributed by atoms with Crippen LogP contribution in [0, 0.1) is 25.2 Å². The van der Waals surface area contributed by atoms with Gasteiger partial charge in [-0.2, -0.15) is 5.26 Å². The molecule has 0 unspecified atom stereocenters. The SMILES string of the molecule is Cc1cc2nnn(Cc3ccc(C#N)cc3)c2cc1C. The molecule has 4 heteroatoms. The van der Waals surface area contributed by atoms with Crippen molar-refractivity contribution in [3.8, 4) is 6.07 Å². The molecule has 0 aliphatic heterocycles. The summed E-state index contributed by atoms with van der Waals surface area (Å²) in [4.78, 5) is 0. The molecule has 1 heterocycles. The molecular weight excluding hydrogens is 248 g/mol. The van der Waals surface area contributed by atoms with E-state index in [0.717, 1.165) is 16.6 Å². The normalized spacial score (nSPS) is 10.7. The summed E-state index contributed by atoms with van der Waals surface area (Å²) in [6, 6.07) is 13.9. The zero-order valence-electron chi connectivity index (χ0n) is 11.5. The van der Waals surface area contributed by atoms with Crippen molar-refractivity contribution in [2.75, 3.05) is 0 Å². The molecule has 0 aliphatic carbocycles. The lowest BCUT2D eigenvalue weighted by molar-refractivity contribution is 0.669. The lowest BCUT2D eigenvalue weighted by Crippen LogP contribution is -2.02. The Morgan fingerprint density at radius 3 is 2.50 bits per heavy atom. The minimum absolute atomic E-state index is 0.657. The molecule has 0 fully saturated rings. The van der Waals surface area contributed by atoms with Gasteiger partial charge in [0.1, 0.15) is 5.52 Å². The van der Waals surface area contributed by atoms with Gasteiger partial charge in [-0.15, -0.1) is 5.10 Å². The summed E-state index contributed by atoms with van der Waals surface area (Å²) in [7, 11) is 0. The van der Waals surface area contributed by atoms with Gasteiger partial charge in [0.25, 0.3) is 0 Å². The fourth-order valence-corrected chi connectivity index (χ4v) is 2.20. The van der Waals surface area contributed by atoms with Crippen molar-refractivity contribution in [3.05, 3.63) is 58.7 Å². The molecule has 3 aromatic rings. The Morgan fingerprint density at radius 1 is 1.10 bits per heavy atom.